The molecule has 1 atom stereocenters. The summed E-state index contributed by atoms with van der Waals surface area (Å²) in [5, 5.41) is 3.66. The molecule has 1 N–H and O–H groups in total. The Labute approximate surface area is 136 Å². The van der Waals surface area contributed by atoms with Gasteiger partial charge < -0.3 is 10.1 Å². The number of hydrogen-bond donors (Lipinski definition) is 1. The van der Waals surface area contributed by atoms with Gasteiger partial charge in [0.15, 0.2) is 0 Å². The third-order valence-electron chi connectivity index (χ3n) is 5.30. The SMILES string of the molecule is CCNC1CC2(CCC(CC)CC2)Oc2cc(Br)ccc21. The van der Waals surface area contributed by atoms with Crippen LogP contribution in [0.5, 0.6) is 5.75 Å². The lowest BCUT2D eigenvalue weighted by Gasteiger charge is -2.46. The smallest absolute Gasteiger partial charge is 0.126 e. The normalized spacial score (nSPS) is 31.8. The van der Waals surface area contributed by atoms with Gasteiger partial charge in [-0.1, -0.05) is 42.3 Å². The number of nitrogens with one attached hydrogen (secondary N) is 1. The van der Waals surface area contributed by atoms with Gasteiger partial charge in [-0.3, -0.25) is 0 Å². The predicted octanol–water partition coefficient (Wildman–Crippen LogP) is 5.22. The van der Waals surface area contributed by atoms with Crippen LogP contribution in [0.2, 0.25) is 0 Å². The van der Waals surface area contributed by atoms with Crippen molar-refractivity contribution in [2.45, 2.75) is 64.0 Å². The quantitative estimate of drug-likeness (QED) is 0.805. The Balaban J connectivity index is 1.86. The van der Waals surface area contributed by atoms with Crippen LogP contribution in [0.4, 0.5) is 0 Å². The van der Waals surface area contributed by atoms with Crippen LogP contribution in [0.25, 0.3) is 0 Å². The molecule has 3 heteroatoms. The second-order valence-corrected chi connectivity index (χ2v) is 7.55. The van der Waals surface area contributed by atoms with E-state index in [0.29, 0.717) is 6.04 Å². The van der Waals surface area contributed by atoms with E-state index >= 15 is 0 Å². The first-order valence-corrected chi connectivity index (χ1v) is 9.17. The van der Waals surface area contributed by atoms with E-state index in [2.05, 4.69) is 53.3 Å². The van der Waals surface area contributed by atoms with E-state index in [1.54, 1.807) is 0 Å². The van der Waals surface area contributed by atoms with Crippen LogP contribution >= 0.6 is 15.9 Å². The van der Waals surface area contributed by atoms with Gasteiger partial charge in [-0.25, -0.2) is 0 Å². The molecule has 1 aliphatic carbocycles. The van der Waals surface area contributed by atoms with Gasteiger partial charge in [0.2, 0.25) is 0 Å². The van der Waals surface area contributed by atoms with E-state index in [9.17, 15) is 0 Å². The van der Waals surface area contributed by atoms with Gasteiger partial charge in [0, 0.05) is 22.5 Å². The minimum absolute atomic E-state index is 0.0618. The first-order valence-electron chi connectivity index (χ1n) is 8.37. The Morgan fingerprint density at radius 2 is 2.05 bits per heavy atom. The molecule has 1 unspecified atom stereocenters. The molecule has 3 rings (SSSR count). The summed E-state index contributed by atoms with van der Waals surface area (Å²) in [6.07, 6.45) is 7.48. The first-order chi connectivity index (χ1) is 10.2. The first kappa shape index (κ1) is 15.4. The molecular weight excluding hydrogens is 326 g/mol. The fourth-order valence-corrected chi connectivity index (χ4v) is 4.33. The predicted molar refractivity (Wildman–Crippen MR) is 90.8 cm³/mol. The number of benzene rings is 1. The van der Waals surface area contributed by atoms with Crippen LogP contribution < -0.4 is 10.1 Å². The van der Waals surface area contributed by atoms with Gasteiger partial charge >= 0.3 is 0 Å². The average Bonchev–Trinajstić information content (AvgIpc) is 2.48. The molecule has 21 heavy (non-hydrogen) atoms. The molecule has 0 bridgehead atoms. The summed E-state index contributed by atoms with van der Waals surface area (Å²) in [7, 11) is 0. The monoisotopic (exact) mass is 351 g/mol. The van der Waals surface area contributed by atoms with Crippen molar-refractivity contribution in [1.29, 1.82) is 0 Å². The average molecular weight is 352 g/mol. The van der Waals surface area contributed by atoms with E-state index in [-0.39, 0.29) is 5.60 Å². The largest absolute Gasteiger partial charge is 0.487 e. The Hall–Kier alpha value is -0.540. The third kappa shape index (κ3) is 3.14. The molecular formula is C18H26BrNO. The number of ether oxygens (including phenoxy) is 1. The van der Waals surface area contributed by atoms with Gasteiger partial charge in [0.25, 0.3) is 0 Å². The van der Waals surface area contributed by atoms with E-state index in [0.717, 1.165) is 29.1 Å². The van der Waals surface area contributed by atoms with Crippen molar-refractivity contribution in [1.82, 2.24) is 5.32 Å². The standard InChI is InChI=1S/C18H26BrNO/c1-3-13-7-9-18(10-8-13)12-16(20-4-2)15-6-5-14(19)11-17(15)21-18/h5-6,11,13,16,20H,3-4,7-10,12H2,1-2H3. The van der Waals surface area contributed by atoms with Gasteiger partial charge in [-0.15, -0.1) is 0 Å². The summed E-state index contributed by atoms with van der Waals surface area (Å²) < 4.78 is 7.65. The van der Waals surface area contributed by atoms with Crippen LogP contribution in [0.3, 0.4) is 0 Å². The highest BCUT2D eigenvalue weighted by atomic mass is 79.9. The molecule has 0 amide bonds. The minimum Gasteiger partial charge on any atom is -0.487 e. The molecule has 1 fully saturated rings. The van der Waals surface area contributed by atoms with Gasteiger partial charge in [-0.05, 0) is 50.3 Å². The van der Waals surface area contributed by atoms with Crippen molar-refractivity contribution in [2.24, 2.45) is 5.92 Å². The summed E-state index contributed by atoms with van der Waals surface area (Å²) >= 11 is 3.58. The Morgan fingerprint density at radius 1 is 1.29 bits per heavy atom. The van der Waals surface area contributed by atoms with Crippen molar-refractivity contribution in [2.75, 3.05) is 6.54 Å². The highest BCUT2D eigenvalue weighted by molar-refractivity contribution is 9.10. The zero-order valence-corrected chi connectivity index (χ0v) is 14.7. The van der Waals surface area contributed by atoms with Crippen LogP contribution in [0.1, 0.15) is 64.0 Å². The molecule has 1 aromatic carbocycles. The number of fused-ring (bicyclic) bond motifs is 1. The van der Waals surface area contributed by atoms with Crippen LogP contribution in [-0.4, -0.2) is 12.1 Å². The second kappa shape index (κ2) is 6.29. The molecule has 0 aromatic heterocycles. The number of rotatable bonds is 3. The fourth-order valence-electron chi connectivity index (χ4n) is 3.99. The Bertz CT molecular complexity index is 494. The second-order valence-electron chi connectivity index (χ2n) is 6.63. The van der Waals surface area contributed by atoms with E-state index in [1.807, 2.05) is 0 Å². The fraction of sp³-hybridized carbons (Fsp3) is 0.667. The lowest BCUT2D eigenvalue weighted by atomic mass is 9.73. The van der Waals surface area contributed by atoms with Crippen molar-refractivity contribution < 1.29 is 4.74 Å². The maximum absolute atomic E-state index is 6.54. The summed E-state index contributed by atoms with van der Waals surface area (Å²) in [4.78, 5) is 0. The molecule has 0 radical (unpaired) electrons. The van der Waals surface area contributed by atoms with E-state index in [1.165, 1.54) is 37.7 Å². The van der Waals surface area contributed by atoms with Crippen molar-refractivity contribution in [3.8, 4) is 5.75 Å². The lowest BCUT2D eigenvalue weighted by molar-refractivity contribution is -0.0149. The van der Waals surface area contributed by atoms with Gasteiger partial charge in [0.05, 0.1) is 0 Å². The molecule has 1 aliphatic heterocycles. The Kier molecular flexibility index (Phi) is 4.60. The summed E-state index contributed by atoms with van der Waals surface area (Å²) in [6.45, 7) is 5.51. The van der Waals surface area contributed by atoms with Crippen molar-refractivity contribution in [3.05, 3.63) is 28.2 Å². The molecule has 1 heterocycles. The van der Waals surface area contributed by atoms with Crippen LogP contribution in [0.15, 0.2) is 22.7 Å². The summed E-state index contributed by atoms with van der Waals surface area (Å²) in [5.74, 6) is 1.98. The maximum Gasteiger partial charge on any atom is 0.126 e. The third-order valence-corrected chi connectivity index (χ3v) is 5.79. The lowest BCUT2D eigenvalue weighted by Crippen LogP contribution is -2.46. The minimum atomic E-state index is 0.0618. The summed E-state index contributed by atoms with van der Waals surface area (Å²) in [6, 6.07) is 6.91. The molecule has 2 nitrogen and oxygen atoms in total. The number of hydrogen-bond acceptors (Lipinski definition) is 2. The number of halogens is 1. The topological polar surface area (TPSA) is 21.3 Å². The zero-order valence-electron chi connectivity index (χ0n) is 13.1. The Morgan fingerprint density at radius 3 is 2.71 bits per heavy atom. The van der Waals surface area contributed by atoms with E-state index in [4.69, 9.17) is 4.74 Å². The van der Waals surface area contributed by atoms with Crippen LogP contribution in [0, 0.1) is 5.92 Å². The molecule has 1 spiro atoms. The highest BCUT2D eigenvalue weighted by Gasteiger charge is 2.43. The summed E-state index contributed by atoms with van der Waals surface area (Å²) in [5.41, 5.74) is 1.38. The van der Waals surface area contributed by atoms with E-state index < -0.39 is 0 Å². The highest BCUT2D eigenvalue weighted by Crippen LogP contribution is 2.48. The molecule has 0 saturated heterocycles. The van der Waals surface area contributed by atoms with Gasteiger partial charge in [0.1, 0.15) is 11.4 Å². The zero-order chi connectivity index (χ0) is 14.9. The molecule has 1 aromatic rings. The maximum atomic E-state index is 6.54. The van der Waals surface area contributed by atoms with Gasteiger partial charge in [-0.2, -0.15) is 0 Å². The molecule has 1 saturated carbocycles. The molecule has 2 aliphatic rings. The van der Waals surface area contributed by atoms with Crippen LogP contribution in [-0.2, 0) is 0 Å². The molecule has 116 valence electrons. The van der Waals surface area contributed by atoms with Crippen molar-refractivity contribution >= 4 is 15.9 Å². The van der Waals surface area contributed by atoms with Crippen molar-refractivity contribution in [3.63, 3.8) is 0 Å².